The predicted octanol–water partition coefficient (Wildman–Crippen LogP) is 2.49. The molecule has 0 fully saturated rings. The highest BCUT2D eigenvalue weighted by Gasteiger charge is 2.14. The second-order valence-electron chi connectivity index (χ2n) is 6.16. The van der Waals surface area contributed by atoms with E-state index in [1.165, 1.54) is 18.4 Å². The van der Waals surface area contributed by atoms with E-state index in [0.717, 1.165) is 10.9 Å². The van der Waals surface area contributed by atoms with Crippen LogP contribution in [0.5, 0.6) is 5.75 Å². The van der Waals surface area contributed by atoms with Crippen molar-refractivity contribution >= 4 is 22.8 Å². The van der Waals surface area contributed by atoms with Crippen molar-refractivity contribution in [2.24, 2.45) is 0 Å². The highest BCUT2D eigenvalue weighted by atomic mass is 16.6. The Morgan fingerprint density at radius 2 is 2.00 bits per heavy atom. The number of amides is 1. The van der Waals surface area contributed by atoms with Crippen LogP contribution in [0.4, 0.5) is 0 Å². The molecule has 0 aliphatic rings. The molecule has 28 heavy (non-hydrogen) atoms. The second kappa shape index (κ2) is 8.43. The maximum Gasteiger partial charge on any atom is 0.344 e. The summed E-state index contributed by atoms with van der Waals surface area (Å²) < 4.78 is 20.5. The molecule has 3 rings (SSSR count). The zero-order chi connectivity index (χ0) is 20.1. The number of ether oxygens (including phenoxy) is 2. The van der Waals surface area contributed by atoms with E-state index >= 15 is 0 Å². The van der Waals surface area contributed by atoms with E-state index in [0.29, 0.717) is 17.1 Å². The molecule has 0 saturated carbocycles. The molecule has 1 amide bonds. The Balaban J connectivity index is 1.48. The van der Waals surface area contributed by atoms with Crippen LogP contribution in [0.25, 0.3) is 11.0 Å². The van der Waals surface area contributed by atoms with Gasteiger partial charge in [-0.15, -0.1) is 0 Å². The lowest BCUT2D eigenvalue weighted by Crippen LogP contribution is -2.31. The number of hydrogen-bond donors (Lipinski definition) is 1. The third-order valence-corrected chi connectivity index (χ3v) is 3.99. The van der Waals surface area contributed by atoms with Gasteiger partial charge in [-0.1, -0.05) is 0 Å². The Kier molecular flexibility index (Phi) is 5.78. The fourth-order valence-corrected chi connectivity index (χ4v) is 2.62. The zero-order valence-electron chi connectivity index (χ0n) is 15.4. The van der Waals surface area contributed by atoms with Gasteiger partial charge in [-0.2, -0.15) is 0 Å². The maximum absolute atomic E-state index is 11.8. The fourth-order valence-electron chi connectivity index (χ4n) is 2.62. The van der Waals surface area contributed by atoms with Crippen molar-refractivity contribution in [2.75, 3.05) is 13.2 Å². The standard InChI is InChI=1S/C20H19NO7/c1-12-8-19(23)28-17-9-14(5-6-15(12)17)26-11-20(24)27-10-18(22)21-13(2)16-4-3-7-25-16/h3-9,13H,10-11H2,1-2H3,(H,21,22)/t13-/m0/s1. The number of furan rings is 1. The van der Waals surface area contributed by atoms with E-state index in [1.54, 1.807) is 38.1 Å². The molecule has 0 spiro atoms. The van der Waals surface area contributed by atoms with Crippen LogP contribution in [-0.4, -0.2) is 25.1 Å². The van der Waals surface area contributed by atoms with Gasteiger partial charge in [0, 0.05) is 17.5 Å². The lowest BCUT2D eigenvalue weighted by molar-refractivity contribution is -0.150. The van der Waals surface area contributed by atoms with Crippen molar-refractivity contribution in [3.05, 3.63) is 64.4 Å². The van der Waals surface area contributed by atoms with Crippen LogP contribution >= 0.6 is 0 Å². The van der Waals surface area contributed by atoms with Gasteiger partial charge in [0.05, 0.1) is 12.3 Å². The maximum atomic E-state index is 11.8. The molecule has 2 heterocycles. The van der Waals surface area contributed by atoms with Gasteiger partial charge in [0.15, 0.2) is 13.2 Å². The first-order chi connectivity index (χ1) is 13.4. The highest BCUT2D eigenvalue weighted by Crippen LogP contribution is 2.22. The molecule has 1 N–H and O–H groups in total. The molecule has 0 saturated heterocycles. The molecule has 3 aromatic rings. The Morgan fingerprint density at radius 3 is 2.75 bits per heavy atom. The molecule has 0 unspecified atom stereocenters. The van der Waals surface area contributed by atoms with Gasteiger partial charge in [-0.3, -0.25) is 4.79 Å². The lowest BCUT2D eigenvalue weighted by Gasteiger charge is -2.12. The number of benzene rings is 1. The number of aryl methyl sites for hydroxylation is 1. The van der Waals surface area contributed by atoms with Crippen LogP contribution in [-0.2, 0) is 14.3 Å². The fraction of sp³-hybridized carbons (Fsp3) is 0.250. The minimum atomic E-state index is -0.702. The van der Waals surface area contributed by atoms with Crippen LogP contribution in [0.2, 0.25) is 0 Å². The molecule has 2 aromatic heterocycles. The van der Waals surface area contributed by atoms with Crippen molar-refractivity contribution in [3.63, 3.8) is 0 Å². The van der Waals surface area contributed by atoms with Crippen molar-refractivity contribution in [1.82, 2.24) is 5.32 Å². The molecule has 8 nitrogen and oxygen atoms in total. The van der Waals surface area contributed by atoms with Gasteiger partial charge in [0.1, 0.15) is 17.1 Å². The Hall–Kier alpha value is -3.55. The van der Waals surface area contributed by atoms with Gasteiger partial charge < -0.3 is 23.6 Å². The first-order valence-corrected chi connectivity index (χ1v) is 8.58. The van der Waals surface area contributed by atoms with Crippen LogP contribution in [0.3, 0.4) is 0 Å². The third-order valence-electron chi connectivity index (χ3n) is 3.99. The monoisotopic (exact) mass is 385 g/mol. The summed E-state index contributed by atoms with van der Waals surface area (Å²) >= 11 is 0. The van der Waals surface area contributed by atoms with E-state index in [9.17, 15) is 14.4 Å². The number of rotatable bonds is 7. The number of carbonyl (C=O) groups excluding carboxylic acids is 2. The van der Waals surface area contributed by atoms with Gasteiger partial charge in [0.2, 0.25) is 0 Å². The number of carbonyl (C=O) groups is 2. The van der Waals surface area contributed by atoms with E-state index in [4.69, 9.17) is 18.3 Å². The molecule has 146 valence electrons. The highest BCUT2D eigenvalue weighted by molar-refractivity contribution is 5.82. The average molecular weight is 385 g/mol. The number of esters is 1. The van der Waals surface area contributed by atoms with Crippen LogP contribution in [0.15, 0.2) is 56.3 Å². The molecule has 0 radical (unpaired) electrons. The average Bonchev–Trinajstić information content (AvgIpc) is 3.19. The Morgan fingerprint density at radius 1 is 1.18 bits per heavy atom. The topological polar surface area (TPSA) is 108 Å². The summed E-state index contributed by atoms with van der Waals surface area (Å²) in [4.78, 5) is 35.1. The van der Waals surface area contributed by atoms with E-state index in [2.05, 4.69) is 5.32 Å². The van der Waals surface area contributed by atoms with Crippen molar-refractivity contribution in [3.8, 4) is 5.75 Å². The smallest absolute Gasteiger partial charge is 0.344 e. The summed E-state index contributed by atoms with van der Waals surface area (Å²) in [6.07, 6.45) is 1.51. The zero-order valence-corrected chi connectivity index (χ0v) is 15.4. The summed E-state index contributed by atoms with van der Waals surface area (Å²) in [5.41, 5.74) is 0.686. The van der Waals surface area contributed by atoms with E-state index < -0.39 is 24.1 Å². The number of nitrogens with one attached hydrogen (secondary N) is 1. The molecule has 0 bridgehead atoms. The summed E-state index contributed by atoms with van der Waals surface area (Å²) in [6.45, 7) is 2.73. The summed E-state index contributed by atoms with van der Waals surface area (Å²) in [5, 5.41) is 3.42. The third kappa shape index (κ3) is 4.79. The minimum Gasteiger partial charge on any atom is -0.482 e. The first kappa shape index (κ1) is 19.2. The first-order valence-electron chi connectivity index (χ1n) is 8.58. The SMILES string of the molecule is Cc1cc(=O)oc2cc(OCC(=O)OCC(=O)N[C@@H](C)c3ccco3)ccc12. The van der Waals surface area contributed by atoms with Gasteiger partial charge in [0.25, 0.3) is 5.91 Å². The largest absolute Gasteiger partial charge is 0.482 e. The number of fused-ring (bicyclic) bond motifs is 1. The normalized spacial score (nSPS) is 11.8. The molecular formula is C20H19NO7. The predicted molar refractivity (Wildman–Crippen MR) is 98.9 cm³/mol. The lowest BCUT2D eigenvalue weighted by atomic mass is 10.1. The van der Waals surface area contributed by atoms with Crippen LogP contribution in [0.1, 0.15) is 24.3 Å². The Bertz CT molecular complexity index is 1040. The van der Waals surface area contributed by atoms with E-state index in [1.807, 2.05) is 0 Å². The Labute approximate surface area is 160 Å². The van der Waals surface area contributed by atoms with Crippen molar-refractivity contribution in [1.29, 1.82) is 0 Å². The quantitative estimate of drug-likeness (QED) is 0.492. The van der Waals surface area contributed by atoms with Gasteiger partial charge >= 0.3 is 11.6 Å². The second-order valence-corrected chi connectivity index (χ2v) is 6.16. The van der Waals surface area contributed by atoms with Gasteiger partial charge in [-0.25, -0.2) is 9.59 Å². The summed E-state index contributed by atoms with van der Waals surface area (Å²) in [5.74, 6) is -0.220. The van der Waals surface area contributed by atoms with Crippen molar-refractivity contribution in [2.45, 2.75) is 19.9 Å². The molecule has 8 heteroatoms. The minimum absolute atomic E-state index is 0.340. The van der Waals surface area contributed by atoms with Crippen LogP contribution < -0.4 is 15.7 Å². The molecule has 1 atom stereocenters. The van der Waals surface area contributed by atoms with E-state index in [-0.39, 0.29) is 12.6 Å². The summed E-state index contributed by atoms with van der Waals surface area (Å²) in [6, 6.07) is 9.42. The molecule has 1 aromatic carbocycles. The van der Waals surface area contributed by atoms with Gasteiger partial charge in [-0.05, 0) is 43.7 Å². The summed E-state index contributed by atoms with van der Waals surface area (Å²) in [7, 11) is 0. The molecule has 0 aliphatic carbocycles. The van der Waals surface area contributed by atoms with Crippen molar-refractivity contribution < 1.29 is 27.9 Å². The molecule has 0 aliphatic heterocycles. The van der Waals surface area contributed by atoms with Crippen LogP contribution in [0, 0.1) is 6.92 Å². The number of hydrogen-bond acceptors (Lipinski definition) is 7. The molecular weight excluding hydrogens is 366 g/mol.